The molecule has 0 amide bonds. The van der Waals surface area contributed by atoms with Gasteiger partial charge in [-0.3, -0.25) is 0 Å². The van der Waals surface area contributed by atoms with E-state index in [4.69, 9.17) is 4.42 Å². The van der Waals surface area contributed by atoms with E-state index in [9.17, 15) is 0 Å². The van der Waals surface area contributed by atoms with Gasteiger partial charge >= 0.3 is 0 Å². The number of aromatic nitrogens is 3. The maximum Gasteiger partial charge on any atom is 0.192 e. The molecule has 0 saturated heterocycles. The van der Waals surface area contributed by atoms with Crippen LogP contribution >= 0.6 is 24.0 Å². The summed E-state index contributed by atoms with van der Waals surface area (Å²) >= 11 is 0. The number of rotatable bonds is 8. The molecule has 7 nitrogen and oxygen atoms in total. The lowest BCUT2D eigenvalue weighted by Gasteiger charge is -2.13. The van der Waals surface area contributed by atoms with E-state index in [1.165, 1.54) is 5.56 Å². The molecule has 0 atom stereocenters. The molecule has 0 aliphatic rings. The zero-order valence-corrected chi connectivity index (χ0v) is 17.7. The van der Waals surface area contributed by atoms with Crippen LogP contribution in [0.2, 0.25) is 0 Å². The molecule has 0 aliphatic carbocycles. The van der Waals surface area contributed by atoms with Gasteiger partial charge in [-0.25, -0.2) is 4.99 Å². The summed E-state index contributed by atoms with van der Waals surface area (Å²) in [6, 6.07) is 14.0. The number of aliphatic imine (C=N–C) groups is 1. The number of benzene rings is 1. The van der Waals surface area contributed by atoms with Crippen LogP contribution < -0.4 is 10.6 Å². The second-order valence-electron chi connectivity index (χ2n) is 5.80. The molecular weight excluding hydrogens is 455 g/mol. The maximum absolute atomic E-state index is 5.37. The molecular formula is C19H25IN6O. The lowest BCUT2D eigenvalue weighted by molar-refractivity contribution is 0.501. The van der Waals surface area contributed by atoms with Crippen LogP contribution in [0.1, 0.15) is 24.1 Å². The number of hydrogen-bond acceptors (Lipinski definition) is 4. The first-order valence-corrected chi connectivity index (χ1v) is 8.80. The Hall–Kier alpha value is -2.36. The molecule has 1 aromatic carbocycles. The molecule has 3 aromatic rings. The molecule has 2 aromatic heterocycles. The van der Waals surface area contributed by atoms with E-state index < -0.39 is 0 Å². The van der Waals surface area contributed by atoms with Crippen LogP contribution in [-0.2, 0) is 26.1 Å². The lowest BCUT2D eigenvalue weighted by atomic mass is 10.2. The zero-order valence-electron chi connectivity index (χ0n) is 15.3. The van der Waals surface area contributed by atoms with Crippen LogP contribution in [0.25, 0.3) is 0 Å². The van der Waals surface area contributed by atoms with Gasteiger partial charge in [0.1, 0.15) is 17.9 Å². The summed E-state index contributed by atoms with van der Waals surface area (Å²) in [4.78, 5) is 4.67. The van der Waals surface area contributed by atoms with E-state index >= 15 is 0 Å². The summed E-state index contributed by atoms with van der Waals surface area (Å²) in [5.41, 5.74) is 1.17. The van der Waals surface area contributed by atoms with Crippen molar-refractivity contribution < 1.29 is 4.42 Å². The predicted molar refractivity (Wildman–Crippen MR) is 116 cm³/mol. The standard InChI is InChI=1S/C19H24N6O.HI/c1-2-18-24-23-15-25(18)11-10-20-19(22-14-17-9-6-12-26-17)21-13-16-7-4-3-5-8-16;/h3-9,12,15H,2,10-11,13-14H2,1H3,(H2,20,21,22);1H. The summed E-state index contributed by atoms with van der Waals surface area (Å²) in [6.45, 7) is 4.78. The van der Waals surface area contributed by atoms with E-state index in [0.717, 1.165) is 37.1 Å². The van der Waals surface area contributed by atoms with Crippen LogP contribution in [0.3, 0.4) is 0 Å². The van der Waals surface area contributed by atoms with Gasteiger partial charge in [-0.1, -0.05) is 37.3 Å². The van der Waals surface area contributed by atoms with Gasteiger partial charge < -0.3 is 19.6 Å². The van der Waals surface area contributed by atoms with E-state index in [0.29, 0.717) is 13.1 Å². The average Bonchev–Trinajstić information content (AvgIpc) is 3.36. The van der Waals surface area contributed by atoms with Crippen molar-refractivity contribution in [3.05, 3.63) is 72.2 Å². The minimum absolute atomic E-state index is 0. The lowest BCUT2D eigenvalue weighted by Crippen LogP contribution is -2.38. The number of halogens is 1. The van der Waals surface area contributed by atoms with Crippen LogP contribution in [0.4, 0.5) is 0 Å². The largest absolute Gasteiger partial charge is 0.467 e. The first kappa shape index (κ1) is 20.9. The van der Waals surface area contributed by atoms with E-state index in [2.05, 4.69) is 44.9 Å². The minimum Gasteiger partial charge on any atom is -0.467 e. The van der Waals surface area contributed by atoms with Crippen molar-refractivity contribution in [2.24, 2.45) is 4.99 Å². The Labute approximate surface area is 176 Å². The summed E-state index contributed by atoms with van der Waals surface area (Å²) in [5.74, 6) is 2.60. The molecule has 3 rings (SSSR count). The summed E-state index contributed by atoms with van der Waals surface area (Å²) < 4.78 is 7.42. The van der Waals surface area contributed by atoms with Gasteiger partial charge in [-0.15, -0.1) is 34.2 Å². The van der Waals surface area contributed by atoms with Crippen molar-refractivity contribution in [2.75, 3.05) is 6.54 Å². The van der Waals surface area contributed by atoms with Crippen molar-refractivity contribution in [1.29, 1.82) is 0 Å². The fourth-order valence-corrected chi connectivity index (χ4v) is 2.55. The second-order valence-corrected chi connectivity index (χ2v) is 5.80. The highest BCUT2D eigenvalue weighted by molar-refractivity contribution is 14.0. The highest BCUT2D eigenvalue weighted by Crippen LogP contribution is 2.01. The molecule has 0 spiro atoms. The van der Waals surface area contributed by atoms with E-state index in [1.807, 2.05) is 34.9 Å². The van der Waals surface area contributed by atoms with Crippen LogP contribution in [0.5, 0.6) is 0 Å². The van der Waals surface area contributed by atoms with Gasteiger partial charge in [0, 0.05) is 19.5 Å². The highest BCUT2D eigenvalue weighted by atomic mass is 127. The Balaban J connectivity index is 0.00000261. The zero-order chi connectivity index (χ0) is 18.0. The average molecular weight is 480 g/mol. The van der Waals surface area contributed by atoms with E-state index in [1.54, 1.807) is 12.6 Å². The van der Waals surface area contributed by atoms with Crippen LogP contribution in [0, 0.1) is 0 Å². The third kappa shape index (κ3) is 6.70. The topological polar surface area (TPSA) is 80.3 Å². The fourth-order valence-electron chi connectivity index (χ4n) is 2.55. The van der Waals surface area contributed by atoms with Crippen molar-refractivity contribution in [1.82, 2.24) is 25.4 Å². The molecule has 2 heterocycles. The Morgan fingerprint density at radius 1 is 1.15 bits per heavy atom. The summed E-state index contributed by atoms with van der Waals surface area (Å²) in [6.07, 6.45) is 4.30. The Kier molecular flexibility index (Phi) is 8.82. The molecule has 0 unspecified atom stereocenters. The smallest absolute Gasteiger partial charge is 0.192 e. The first-order chi connectivity index (χ1) is 12.8. The van der Waals surface area contributed by atoms with Crippen molar-refractivity contribution >= 4 is 29.9 Å². The number of furan rings is 1. The molecule has 144 valence electrons. The number of hydrogen-bond donors (Lipinski definition) is 2. The fraction of sp³-hybridized carbons (Fsp3) is 0.316. The Bertz CT molecular complexity index is 801. The predicted octanol–water partition coefficient (Wildman–Crippen LogP) is 2.99. The quantitative estimate of drug-likeness (QED) is 0.295. The SMILES string of the molecule is CCc1nncn1CCNC(=NCc1ccccc1)NCc1ccco1.I. The van der Waals surface area contributed by atoms with Crippen molar-refractivity contribution in [3.63, 3.8) is 0 Å². The molecule has 0 fully saturated rings. The normalized spacial score (nSPS) is 11.1. The molecule has 27 heavy (non-hydrogen) atoms. The van der Waals surface area contributed by atoms with Crippen molar-refractivity contribution in [3.8, 4) is 0 Å². The summed E-state index contributed by atoms with van der Waals surface area (Å²) in [5, 5.41) is 14.7. The number of nitrogens with one attached hydrogen (secondary N) is 2. The molecule has 2 N–H and O–H groups in total. The van der Waals surface area contributed by atoms with Gasteiger partial charge in [-0.2, -0.15) is 0 Å². The third-order valence-electron chi connectivity index (χ3n) is 3.93. The molecule has 8 heteroatoms. The maximum atomic E-state index is 5.37. The van der Waals surface area contributed by atoms with Crippen LogP contribution in [-0.4, -0.2) is 27.3 Å². The number of nitrogens with zero attached hydrogens (tertiary/aromatic N) is 4. The molecule has 0 radical (unpaired) electrons. The molecule has 0 bridgehead atoms. The van der Waals surface area contributed by atoms with Gasteiger partial charge in [0.15, 0.2) is 5.96 Å². The minimum atomic E-state index is 0. The molecule has 0 aliphatic heterocycles. The Morgan fingerprint density at radius 2 is 2.00 bits per heavy atom. The van der Waals surface area contributed by atoms with Gasteiger partial charge in [-0.05, 0) is 17.7 Å². The monoisotopic (exact) mass is 480 g/mol. The van der Waals surface area contributed by atoms with Gasteiger partial charge in [0.25, 0.3) is 0 Å². The number of guanidine groups is 1. The number of aryl methyl sites for hydroxylation is 1. The van der Waals surface area contributed by atoms with Gasteiger partial charge in [0.05, 0.1) is 19.4 Å². The first-order valence-electron chi connectivity index (χ1n) is 8.80. The third-order valence-corrected chi connectivity index (χ3v) is 3.93. The molecule has 0 saturated carbocycles. The van der Waals surface area contributed by atoms with E-state index in [-0.39, 0.29) is 24.0 Å². The van der Waals surface area contributed by atoms with Gasteiger partial charge in [0.2, 0.25) is 0 Å². The second kappa shape index (κ2) is 11.4. The van der Waals surface area contributed by atoms with Crippen molar-refractivity contribution in [2.45, 2.75) is 33.0 Å². The highest BCUT2D eigenvalue weighted by Gasteiger charge is 2.04. The Morgan fingerprint density at radius 3 is 2.74 bits per heavy atom. The van der Waals surface area contributed by atoms with Crippen LogP contribution in [0.15, 0.2) is 64.5 Å². The summed E-state index contributed by atoms with van der Waals surface area (Å²) in [7, 11) is 0.